The molecule has 0 aliphatic heterocycles. The van der Waals surface area contributed by atoms with Crippen LogP contribution in [0.15, 0.2) is 23.0 Å². The van der Waals surface area contributed by atoms with Crippen LogP contribution in [0, 0.1) is 6.92 Å². The highest BCUT2D eigenvalue weighted by atomic mass is 16.4. The molecule has 2 N–H and O–H groups in total. The van der Waals surface area contributed by atoms with E-state index in [4.69, 9.17) is 5.11 Å². The predicted molar refractivity (Wildman–Crippen MR) is 88.4 cm³/mol. The fraction of sp³-hybridized carbons (Fsp3) is 0.588. The second-order valence-corrected chi connectivity index (χ2v) is 5.67. The third kappa shape index (κ3) is 8.18. The van der Waals surface area contributed by atoms with Crippen molar-refractivity contribution in [3.63, 3.8) is 0 Å². The van der Waals surface area contributed by atoms with Crippen LogP contribution in [-0.2, 0) is 16.1 Å². The van der Waals surface area contributed by atoms with E-state index in [1.807, 2.05) is 13.0 Å². The summed E-state index contributed by atoms with van der Waals surface area (Å²) in [4.78, 5) is 33.7. The number of rotatable bonds is 11. The van der Waals surface area contributed by atoms with Crippen LogP contribution in [0.5, 0.6) is 0 Å². The van der Waals surface area contributed by atoms with Crippen molar-refractivity contribution in [2.75, 3.05) is 6.54 Å². The van der Waals surface area contributed by atoms with E-state index in [0.717, 1.165) is 31.4 Å². The number of pyridine rings is 1. The molecule has 0 spiro atoms. The maximum absolute atomic E-state index is 11.7. The van der Waals surface area contributed by atoms with Gasteiger partial charge in [0.2, 0.25) is 5.91 Å². The van der Waals surface area contributed by atoms with E-state index in [-0.39, 0.29) is 17.9 Å². The number of carbonyl (C=O) groups excluding carboxylic acids is 1. The molecule has 0 fully saturated rings. The third-order valence-corrected chi connectivity index (χ3v) is 3.69. The molecule has 0 unspecified atom stereocenters. The lowest BCUT2D eigenvalue weighted by Gasteiger charge is -2.09. The topological polar surface area (TPSA) is 88.4 Å². The standard InChI is InChI=1S/C17H26N2O4/c1-14-8-7-10-16(21)19(14)13-6-4-9-15(20)18-12-5-2-3-11-17(22)23/h7-8,10H,2-6,9,11-13H2,1H3,(H,18,20)(H,22,23). The van der Waals surface area contributed by atoms with Gasteiger partial charge in [-0.25, -0.2) is 0 Å². The maximum atomic E-state index is 11.7. The highest BCUT2D eigenvalue weighted by Gasteiger charge is 2.03. The van der Waals surface area contributed by atoms with E-state index < -0.39 is 5.97 Å². The second kappa shape index (κ2) is 10.6. The molecule has 0 atom stereocenters. The second-order valence-electron chi connectivity index (χ2n) is 5.67. The molecule has 0 saturated carbocycles. The summed E-state index contributed by atoms with van der Waals surface area (Å²) in [7, 11) is 0. The quantitative estimate of drug-likeness (QED) is 0.611. The molecule has 1 aromatic rings. The smallest absolute Gasteiger partial charge is 0.303 e. The molecule has 0 aliphatic carbocycles. The Labute approximate surface area is 136 Å². The lowest BCUT2D eigenvalue weighted by atomic mass is 10.2. The fourth-order valence-electron chi connectivity index (χ4n) is 2.36. The summed E-state index contributed by atoms with van der Waals surface area (Å²) in [5, 5.41) is 11.3. The van der Waals surface area contributed by atoms with Gasteiger partial charge in [0, 0.05) is 37.7 Å². The summed E-state index contributed by atoms with van der Waals surface area (Å²) in [6.45, 7) is 3.13. The van der Waals surface area contributed by atoms with Gasteiger partial charge in [0.15, 0.2) is 0 Å². The van der Waals surface area contributed by atoms with Gasteiger partial charge in [0.25, 0.3) is 5.56 Å². The Morgan fingerprint density at radius 3 is 2.52 bits per heavy atom. The van der Waals surface area contributed by atoms with Gasteiger partial charge in [-0.05, 0) is 38.7 Å². The van der Waals surface area contributed by atoms with Crippen molar-refractivity contribution in [3.05, 3.63) is 34.2 Å². The monoisotopic (exact) mass is 322 g/mol. The Kier molecular flexibility index (Phi) is 8.72. The number of nitrogens with zero attached hydrogens (tertiary/aromatic N) is 1. The molecule has 0 saturated heterocycles. The molecule has 1 aromatic heterocycles. The third-order valence-electron chi connectivity index (χ3n) is 3.69. The van der Waals surface area contributed by atoms with Crippen LogP contribution < -0.4 is 10.9 Å². The molecule has 128 valence electrons. The SMILES string of the molecule is Cc1cccc(=O)n1CCCCC(=O)NCCCCCC(=O)O. The number of carbonyl (C=O) groups is 2. The molecule has 6 nitrogen and oxygen atoms in total. The van der Waals surface area contributed by atoms with Crippen LogP contribution in [0.2, 0.25) is 0 Å². The minimum atomic E-state index is -0.776. The van der Waals surface area contributed by atoms with E-state index in [2.05, 4.69) is 5.32 Å². The first-order valence-electron chi connectivity index (χ1n) is 8.15. The van der Waals surface area contributed by atoms with E-state index in [1.165, 1.54) is 0 Å². The summed E-state index contributed by atoms with van der Waals surface area (Å²) in [5.41, 5.74) is 0.930. The fourth-order valence-corrected chi connectivity index (χ4v) is 2.36. The number of hydrogen-bond donors (Lipinski definition) is 2. The largest absolute Gasteiger partial charge is 0.481 e. The number of aliphatic carboxylic acids is 1. The van der Waals surface area contributed by atoms with E-state index in [9.17, 15) is 14.4 Å². The summed E-state index contributed by atoms with van der Waals surface area (Å²) in [5.74, 6) is -0.762. The molecule has 0 bridgehead atoms. The zero-order valence-corrected chi connectivity index (χ0v) is 13.7. The lowest BCUT2D eigenvalue weighted by molar-refractivity contribution is -0.137. The van der Waals surface area contributed by atoms with Gasteiger partial charge >= 0.3 is 5.97 Å². The van der Waals surface area contributed by atoms with Crippen molar-refractivity contribution in [3.8, 4) is 0 Å². The maximum Gasteiger partial charge on any atom is 0.303 e. The average Bonchev–Trinajstić information content (AvgIpc) is 2.49. The Balaban J connectivity index is 2.08. The van der Waals surface area contributed by atoms with Gasteiger partial charge in [-0.3, -0.25) is 14.4 Å². The van der Waals surface area contributed by atoms with Crippen LogP contribution in [0.25, 0.3) is 0 Å². The van der Waals surface area contributed by atoms with Gasteiger partial charge in [-0.1, -0.05) is 12.5 Å². The molecule has 1 amide bonds. The summed E-state index contributed by atoms with van der Waals surface area (Å²) >= 11 is 0. The molecule has 0 aliphatic rings. The van der Waals surface area contributed by atoms with Crippen LogP contribution in [0.3, 0.4) is 0 Å². The van der Waals surface area contributed by atoms with Crippen molar-refractivity contribution in [2.24, 2.45) is 0 Å². The molecule has 23 heavy (non-hydrogen) atoms. The van der Waals surface area contributed by atoms with Gasteiger partial charge in [0.1, 0.15) is 0 Å². The summed E-state index contributed by atoms with van der Waals surface area (Å²) in [6.07, 6.45) is 4.43. The van der Waals surface area contributed by atoms with Crippen molar-refractivity contribution >= 4 is 11.9 Å². The number of hydrogen-bond acceptors (Lipinski definition) is 3. The molecule has 0 radical (unpaired) electrons. The van der Waals surface area contributed by atoms with Crippen LogP contribution in [0.1, 0.15) is 50.6 Å². The molecule has 6 heteroatoms. The molecule has 1 rings (SSSR count). The highest BCUT2D eigenvalue weighted by Crippen LogP contribution is 2.02. The lowest BCUT2D eigenvalue weighted by Crippen LogP contribution is -2.24. The van der Waals surface area contributed by atoms with E-state index >= 15 is 0 Å². The number of aryl methyl sites for hydroxylation is 1. The number of carboxylic acid groups (broad SMARTS) is 1. The van der Waals surface area contributed by atoms with Crippen LogP contribution >= 0.6 is 0 Å². The first kappa shape index (κ1) is 18.9. The van der Waals surface area contributed by atoms with Gasteiger partial charge in [-0.15, -0.1) is 0 Å². The zero-order chi connectivity index (χ0) is 17.1. The minimum Gasteiger partial charge on any atom is -0.481 e. The predicted octanol–water partition coefficient (Wildman–Crippen LogP) is 2.09. The van der Waals surface area contributed by atoms with Crippen molar-refractivity contribution < 1.29 is 14.7 Å². The zero-order valence-electron chi connectivity index (χ0n) is 13.7. The minimum absolute atomic E-state index is 0.00388. The molecule has 0 aromatic carbocycles. The molecular formula is C17H26N2O4. The van der Waals surface area contributed by atoms with Gasteiger partial charge in [-0.2, -0.15) is 0 Å². The van der Waals surface area contributed by atoms with E-state index in [0.29, 0.717) is 25.9 Å². The highest BCUT2D eigenvalue weighted by molar-refractivity contribution is 5.75. The van der Waals surface area contributed by atoms with Gasteiger partial charge in [0.05, 0.1) is 0 Å². The molecule has 1 heterocycles. The van der Waals surface area contributed by atoms with E-state index in [1.54, 1.807) is 16.7 Å². The number of amides is 1. The normalized spacial score (nSPS) is 10.5. The van der Waals surface area contributed by atoms with Crippen molar-refractivity contribution in [1.29, 1.82) is 0 Å². The summed E-state index contributed by atoms with van der Waals surface area (Å²) < 4.78 is 1.72. The van der Waals surface area contributed by atoms with Crippen LogP contribution in [-0.4, -0.2) is 28.1 Å². The van der Waals surface area contributed by atoms with Crippen molar-refractivity contribution in [1.82, 2.24) is 9.88 Å². The summed E-state index contributed by atoms with van der Waals surface area (Å²) in [6, 6.07) is 5.20. The Hall–Kier alpha value is -2.11. The Morgan fingerprint density at radius 2 is 1.83 bits per heavy atom. The number of aromatic nitrogens is 1. The number of nitrogens with one attached hydrogen (secondary N) is 1. The Morgan fingerprint density at radius 1 is 1.09 bits per heavy atom. The Bertz CT molecular complexity index is 566. The number of carboxylic acids is 1. The average molecular weight is 322 g/mol. The first-order chi connectivity index (χ1) is 11.0. The molecular weight excluding hydrogens is 296 g/mol. The first-order valence-corrected chi connectivity index (χ1v) is 8.15. The van der Waals surface area contributed by atoms with Crippen molar-refractivity contribution in [2.45, 2.75) is 58.4 Å². The van der Waals surface area contributed by atoms with Crippen LogP contribution in [0.4, 0.5) is 0 Å². The van der Waals surface area contributed by atoms with Gasteiger partial charge < -0.3 is 15.0 Å². The number of unbranched alkanes of at least 4 members (excludes halogenated alkanes) is 3.